The molecule has 1 aromatic rings. The average molecular weight is 399 g/mol. The lowest BCUT2D eigenvalue weighted by Crippen LogP contribution is -2.51. The van der Waals surface area contributed by atoms with Crippen LogP contribution in [0.15, 0.2) is 18.2 Å². The third-order valence-electron chi connectivity index (χ3n) is 6.67. The van der Waals surface area contributed by atoms with E-state index in [1.165, 1.54) is 0 Å². The molecule has 6 nitrogen and oxygen atoms in total. The summed E-state index contributed by atoms with van der Waals surface area (Å²) >= 11 is 0. The minimum atomic E-state index is 0.0837. The van der Waals surface area contributed by atoms with Crippen LogP contribution >= 0.6 is 0 Å². The molecule has 2 saturated heterocycles. The molecular weight excluding hydrogens is 364 g/mol. The molecule has 2 aliphatic heterocycles. The van der Waals surface area contributed by atoms with Gasteiger partial charge in [0.1, 0.15) is 0 Å². The highest BCUT2D eigenvalue weighted by atomic mass is 16.2. The maximum atomic E-state index is 12.7. The Balaban J connectivity index is 1.20. The van der Waals surface area contributed by atoms with Gasteiger partial charge >= 0.3 is 0 Å². The lowest BCUT2D eigenvalue weighted by atomic mass is 9.93. The maximum Gasteiger partial charge on any atom is 0.225 e. The predicted octanol–water partition coefficient (Wildman–Crippen LogP) is 2.16. The Hall–Kier alpha value is -1.95. The van der Waals surface area contributed by atoms with Crippen LogP contribution in [-0.2, 0) is 16.0 Å². The molecule has 0 aromatic carbocycles. The number of pyridine rings is 1. The van der Waals surface area contributed by atoms with Crippen molar-refractivity contribution >= 4 is 11.8 Å². The highest BCUT2D eigenvalue weighted by molar-refractivity contribution is 5.81. The van der Waals surface area contributed by atoms with Crippen molar-refractivity contribution in [2.75, 3.05) is 32.7 Å². The summed E-state index contributed by atoms with van der Waals surface area (Å²) in [6, 6.07) is 6.54. The maximum absolute atomic E-state index is 12.7. The van der Waals surface area contributed by atoms with Crippen molar-refractivity contribution in [2.45, 2.75) is 57.9 Å². The largest absolute Gasteiger partial charge is 0.355 e. The second kappa shape index (κ2) is 9.24. The lowest BCUT2D eigenvalue weighted by molar-refractivity contribution is -0.134. The molecule has 6 heteroatoms. The van der Waals surface area contributed by atoms with Crippen LogP contribution in [0, 0.1) is 18.8 Å². The monoisotopic (exact) mass is 398 g/mol. The topological polar surface area (TPSA) is 65.5 Å². The van der Waals surface area contributed by atoms with Crippen LogP contribution in [0.3, 0.4) is 0 Å². The van der Waals surface area contributed by atoms with Gasteiger partial charge in [0.05, 0.1) is 5.92 Å². The van der Waals surface area contributed by atoms with Crippen molar-refractivity contribution in [1.29, 1.82) is 0 Å². The first-order valence-electron chi connectivity index (χ1n) is 11.3. The van der Waals surface area contributed by atoms with Gasteiger partial charge in [0.25, 0.3) is 0 Å². The number of nitrogens with zero attached hydrogens (tertiary/aromatic N) is 3. The van der Waals surface area contributed by atoms with Gasteiger partial charge in [-0.3, -0.25) is 19.5 Å². The van der Waals surface area contributed by atoms with Gasteiger partial charge in [-0.1, -0.05) is 6.07 Å². The smallest absolute Gasteiger partial charge is 0.225 e. The zero-order valence-corrected chi connectivity index (χ0v) is 17.6. The van der Waals surface area contributed by atoms with Gasteiger partial charge in [0.15, 0.2) is 0 Å². The molecule has 3 aliphatic rings. The summed E-state index contributed by atoms with van der Waals surface area (Å²) in [6.45, 7) is 6.35. The zero-order valence-electron chi connectivity index (χ0n) is 17.6. The molecule has 1 aliphatic carbocycles. The number of rotatable bonds is 6. The molecule has 1 aromatic heterocycles. The van der Waals surface area contributed by atoms with Gasteiger partial charge in [-0.05, 0) is 64.1 Å². The first-order valence-corrected chi connectivity index (χ1v) is 11.3. The lowest BCUT2D eigenvalue weighted by Gasteiger charge is -2.42. The molecule has 0 spiro atoms. The molecule has 0 bridgehead atoms. The van der Waals surface area contributed by atoms with Gasteiger partial charge in [0, 0.05) is 55.9 Å². The summed E-state index contributed by atoms with van der Waals surface area (Å²) < 4.78 is 0. The summed E-state index contributed by atoms with van der Waals surface area (Å²) in [7, 11) is 0. The third-order valence-corrected chi connectivity index (χ3v) is 6.67. The van der Waals surface area contributed by atoms with Crippen LogP contribution in [0.2, 0.25) is 0 Å². The molecule has 1 saturated carbocycles. The van der Waals surface area contributed by atoms with Crippen molar-refractivity contribution < 1.29 is 9.59 Å². The molecule has 0 unspecified atom stereocenters. The minimum absolute atomic E-state index is 0.0837. The number of hydrogen-bond donors (Lipinski definition) is 1. The summed E-state index contributed by atoms with van der Waals surface area (Å²) in [5.41, 5.74) is 2.05. The van der Waals surface area contributed by atoms with E-state index in [4.69, 9.17) is 0 Å². The number of carbonyl (C=O) groups is 2. The Morgan fingerprint density at radius 2 is 1.86 bits per heavy atom. The summed E-state index contributed by atoms with van der Waals surface area (Å²) in [5.74, 6) is 0.969. The second-order valence-corrected chi connectivity index (χ2v) is 8.98. The Morgan fingerprint density at radius 1 is 1.07 bits per heavy atom. The van der Waals surface area contributed by atoms with Crippen LogP contribution in [0.4, 0.5) is 0 Å². The van der Waals surface area contributed by atoms with Gasteiger partial charge in [0.2, 0.25) is 11.8 Å². The minimum Gasteiger partial charge on any atom is -0.355 e. The molecule has 1 N–H and O–H groups in total. The van der Waals surface area contributed by atoms with Crippen molar-refractivity contribution in [3.05, 3.63) is 29.6 Å². The summed E-state index contributed by atoms with van der Waals surface area (Å²) in [5, 5.41) is 3.13. The van der Waals surface area contributed by atoms with Crippen LogP contribution < -0.4 is 5.32 Å². The first-order chi connectivity index (χ1) is 14.1. The molecule has 158 valence electrons. The fraction of sp³-hybridized carbons (Fsp3) is 0.696. The highest BCUT2D eigenvalue weighted by Gasteiger charge is 2.37. The first kappa shape index (κ1) is 20.3. The van der Waals surface area contributed by atoms with Crippen LogP contribution in [0.5, 0.6) is 0 Å². The van der Waals surface area contributed by atoms with Crippen LogP contribution in [-0.4, -0.2) is 65.4 Å². The third kappa shape index (κ3) is 5.35. The fourth-order valence-corrected chi connectivity index (χ4v) is 4.79. The number of aryl methyl sites for hydroxylation is 1. The summed E-state index contributed by atoms with van der Waals surface area (Å²) in [4.78, 5) is 34.0. The molecule has 2 amide bonds. The molecule has 0 radical (unpaired) electrons. The number of likely N-dealkylation sites (tertiary alicyclic amines) is 2. The molecule has 1 atom stereocenters. The van der Waals surface area contributed by atoms with Gasteiger partial charge in [-0.2, -0.15) is 0 Å². The molecular formula is C23H34N4O2. The van der Waals surface area contributed by atoms with Gasteiger partial charge in [-0.25, -0.2) is 0 Å². The van der Waals surface area contributed by atoms with Crippen molar-refractivity contribution in [3.8, 4) is 0 Å². The molecule has 3 fully saturated rings. The number of aromatic nitrogens is 1. The van der Waals surface area contributed by atoms with Crippen molar-refractivity contribution in [2.24, 2.45) is 11.8 Å². The quantitative estimate of drug-likeness (QED) is 0.798. The predicted molar refractivity (Wildman–Crippen MR) is 112 cm³/mol. The van der Waals surface area contributed by atoms with Crippen molar-refractivity contribution in [3.63, 3.8) is 0 Å². The Morgan fingerprint density at radius 3 is 2.59 bits per heavy atom. The van der Waals surface area contributed by atoms with E-state index in [0.29, 0.717) is 24.4 Å². The normalized spacial score (nSPS) is 23.8. The Bertz CT molecular complexity index is 725. The highest BCUT2D eigenvalue weighted by Crippen LogP contribution is 2.32. The second-order valence-electron chi connectivity index (χ2n) is 8.98. The van der Waals surface area contributed by atoms with E-state index in [0.717, 1.165) is 82.5 Å². The van der Waals surface area contributed by atoms with Crippen LogP contribution in [0.25, 0.3) is 0 Å². The average Bonchev–Trinajstić information content (AvgIpc) is 3.59. The molecule has 3 heterocycles. The van der Waals surface area contributed by atoms with E-state index in [1.54, 1.807) is 0 Å². The molecule has 29 heavy (non-hydrogen) atoms. The van der Waals surface area contributed by atoms with E-state index in [1.807, 2.05) is 25.1 Å². The number of hydrogen-bond acceptors (Lipinski definition) is 4. The molecule has 4 rings (SSSR count). The van der Waals surface area contributed by atoms with E-state index in [9.17, 15) is 9.59 Å². The van der Waals surface area contributed by atoms with Crippen LogP contribution in [0.1, 0.15) is 49.9 Å². The Kier molecular flexibility index (Phi) is 6.48. The number of piperidine rings is 2. The SMILES string of the molecule is Cc1cccc(CCNC(=O)[C@H]2CCCN(C3CCN(C(=O)C4CC4)CC3)C2)n1. The summed E-state index contributed by atoms with van der Waals surface area (Å²) in [6.07, 6.45) is 7.10. The standard InChI is InChI=1S/C23H34N4O2/c1-17-4-2-6-20(25-17)9-12-24-22(28)19-5-3-13-27(16-19)21-10-14-26(15-11-21)23(29)18-7-8-18/h2,4,6,18-19,21H,3,5,7-16H2,1H3,(H,24,28)/t19-/m0/s1. The Labute approximate surface area is 174 Å². The van der Waals surface area contributed by atoms with E-state index in [-0.39, 0.29) is 11.8 Å². The number of carbonyl (C=O) groups excluding carboxylic acids is 2. The van der Waals surface area contributed by atoms with Gasteiger partial charge in [-0.15, -0.1) is 0 Å². The number of nitrogens with one attached hydrogen (secondary N) is 1. The van der Waals surface area contributed by atoms with Gasteiger partial charge < -0.3 is 10.2 Å². The van der Waals surface area contributed by atoms with E-state index < -0.39 is 0 Å². The van der Waals surface area contributed by atoms with E-state index >= 15 is 0 Å². The van der Waals surface area contributed by atoms with Crippen molar-refractivity contribution in [1.82, 2.24) is 20.1 Å². The zero-order chi connectivity index (χ0) is 20.2. The fourth-order valence-electron chi connectivity index (χ4n) is 4.79. The van der Waals surface area contributed by atoms with E-state index in [2.05, 4.69) is 20.1 Å². The number of amides is 2.